The predicted octanol–water partition coefficient (Wildman–Crippen LogP) is 0.228. The first-order valence-corrected chi connectivity index (χ1v) is 4.68. The summed E-state index contributed by atoms with van der Waals surface area (Å²) in [6, 6.07) is 0. The van der Waals surface area contributed by atoms with Crippen molar-refractivity contribution in [3.63, 3.8) is 0 Å². The summed E-state index contributed by atoms with van der Waals surface area (Å²) in [6.07, 6.45) is -0.508. The van der Waals surface area contributed by atoms with Gasteiger partial charge in [0.05, 0.1) is 19.3 Å². The van der Waals surface area contributed by atoms with Gasteiger partial charge in [0, 0.05) is 0 Å². The monoisotopic (exact) mass is 252 g/mol. The molecule has 0 spiro atoms. The maximum atomic E-state index is 10.9. The number of nitrogens with one attached hydrogen (secondary N) is 1. The molecule has 2 N–H and O–H groups in total. The number of nitrogens with zero attached hydrogens (tertiary/aromatic N) is 1. The molecule has 0 aliphatic rings. The molecular weight excluding hydrogens is 240 g/mol. The van der Waals surface area contributed by atoms with Gasteiger partial charge in [-0.05, 0) is 29.8 Å². The topological polar surface area (TPSA) is 70.9 Å². The van der Waals surface area contributed by atoms with Crippen molar-refractivity contribution < 1.29 is 14.6 Å². The number of carbonyl (C=O) groups is 1. The van der Waals surface area contributed by atoms with E-state index in [0.717, 1.165) is 0 Å². The first-order chi connectivity index (χ1) is 6.07. The number of aliphatic hydroxyl groups is 1. The molecule has 0 saturated heterocycles. The summed E-state index contributed by atoms with van der Waals surface area (Å²) >= 11 is 2.93. The van der Waals surface area contributed by atoms with Gasteiger partial charge in [0.1, 0.15) is 0 Å². The van der Waals surface area contributed by atoms with Crippen molar-refractivity contribution in [3.05, 3.63) is 0 Å². The smallest absolute Gasteiger partial charge is 0.366 e. The number of esters is 1. The van der Waals surface area contributed by atoms with Crippen LogP contribution in [-0.4, -0.2) is 35.0 Å². The highest BCUT2D eigenvalue weighted by molar-refractivity contribution is 9.19. The zero-order chi connectivity index (χ0) is 10.3. The van der Waals surface area contributed by atoms with Crippen molar-refractivity contribution in [1.29, 1.82) is 0 Å². The van der Waals surface area contributed by atoms with Crippen LogP contribution >= 0.6 is 15.9 Å². The Kier molecular flexibility index (Phi) is 6.52. The Morgan fingerprint density at radius 1 is 1.77 bits per heavy atom. The summed E-state index contributed by atoms with van der Waals surface area (Å²) in [6.45, 7) is 3.91. The first-order valence-electron chi connectivity index (χ1n) is 3.89. The van der Waals surface area contributed by atoms with Crippen molar-refractivity contribution in [2.75, 3.05) is 13.2 Å². The number of carbonyl (C=O) groups excluding carboxylic acids is 1. The number of aliphatic hydroxyl groups excluding tert-OH is 1. The van der Waals surface area contributed by atoms with E-state index in [1.54, 1.807) is 13.8 Å². The molecule has 1 unspecified atom stereocenters. The van der Waals surface area contributed by atoms with Gasteiger partial charge >= 0.3 is 5.97 Å². The van der Waals surface area contributed by atoms with Crippen LogP contribution in [-0.2, 0) is 9.53 Å². The minimum absolute atomic E-state index is 0.0648. The average molecular weight is 253 g/mol. The second-order valence-corrected chi connectivity index (χ2v) is 3.09. The maximum absolute atomic E-state index is 10.9. The van der Waals surface area contributed by atoms with E-state index in [1.807, 2.05) is 0 Å². The first kappa shape index (κ1) is 12.4. The Balaban J connectivity index is 3.80. The van der Waals surface area contributed by atoms with E-state index in [2.05, 4.69) is 31.2 Å². The molecule has 0 radical (unpaired) electrons. The fourth-order valence-corrected chi connectivity index (χ4v) is 0.723. The van der Waals surface area contributed by atoms with E-state index in [-0.39, 0.29) is 11.2 Å². The molecule has 0 aromatic rings. The molecule has 0 saturated carbocycles. The van der Waals surface area contributed by atoms with Gasteiger partial charge in [-0.3, -0.25) is 0 Å². The molecule has 0 amide bonds. The van der Waals surface area contributed by atoms with E-state index in [4.69, 9.17) is 5.11 Å². The molecule has 0 aliphatic heterocycles. The third-order valence-electron chi connectivity index (χ3n) is 1.01. The van der Waals surface area contributed by atoms with Crippen LogP contribution in [0.3, 0.4) is 0 Å². The van der Waals surface area contributed by atoms with Crippen LogP contribution in [0, 0.1) is 0 Å². The Morgan fingerprint density at radius 3 is 2.85 bits per heavy atom. The molecule has 0 heterocycles. The summed E-state index contributed by atoms with van der Waals surface area (Å²) in [5, 5.41) is 12.5. The van der Waals surface area contributed by atoms with Gasteiger partial charge in [-0.25, -0.2) is 4.79 Å². The molecule has 0 aromatic carbocycles. The van der Waals surface area contributed by atoms with Gasteiger partial charge < -0.3 is 15.3 Å². The SMILES string of the molecule is CCOC(=O)C(Br)=NNCC(C)O. The van der Waals surface area contributed by atoms with Crippen LogP contribution in [0.25, 0.3) is 0 Å². The number of hydrogen-bond donors (Lipinski definition) is 2. The Hall–Kier alpha value is -0.620. The van der Waals surface area contributed by atoms with Gasteiger partial charge in [-0.15, -0.1) is 0 Å². The second kappa shape index (κ2) is 6.85. The Labute approximate surface area is 85.3 Å². The van der Waals surface area contributed by atoms with Crippen molar-refractivity contribution in [1.82, 2.24) is 5.43 Å². The predicted molar refractivity (Wildman–Crippen MR) is 52.7 cm³/mol. The van der Waals surface area contributed by atoms with Crippen molar-refractivity contribution in [2.24, 2.45) is 5.10 Å². The average Bonchev–Trinajstić information content (AvgIpc) is 2.04. The van der Waals surface area contributed by atoms with E-state index >= 15 is 0 Å². The maximum Gasteiger partial charge on any atom is 0.366 e. The molecular formula is C7H13BrN2O3. The summed E-state index contributed by atoms with van der Waals surface area (Å²) in [7, 11) is 0. The summed E-state index contributed by atoms with van der Waals surface area (Å²) in [5.41, 5.74) is 2.51. The zero-order valence-corrected chi connectivity index (χ0v) is 9.17. The van der Waals surface area contributed by atoms with Crippen LogP contribution in [0.15, 0.2) is 5.10 Å². The highest BCUT2D eigenvalue weighted by Gasteiger charge is 2.07. The number of ether oxygens (including phenoxy) is 1. The quantitative estimate of drug-likeness (QED) is 0.418. The molecule has 5 nitrogen and oxygen atoms in total. The molecule has 0 rings (SSSR count). The summed E-state index contributed by atoms with van der Waals surface area (Å²) in [4.78, 5) is 10.9. The third-order valence-corrected chi connectivity index (χ3v) is 1.51. The van der Waals surface area contributed by atoms with Gasteiger partial charge in [-0.2, -0.15) is 5.10 Å². The van der Waals surface area contributed by atoms with Gasteiger partial charge in [0.2, 0.25) is 4.62 Å². The number of hydrazone groups is 1. The minimum atomic E-state index is -0.527. The molecule has 1 atom stereocenters. The number of rotatable bonds is 5. The van der Waals surface area contributed by atoms with Gasteiger partial charge in [0.15, 0.2) is 0 Å². The minimum Gasteiger partial charge on any atom is -0.461 e. The van der Waals surface area contributed by atoms with E-state index < -0.39 is 12.1 Å². The molecule has 0 aromatic heterocycles. The molecule has 76 valence electrons. The second-order valence-electron chi connectivity index (χ2n) is 2.33. The van der Waals surface area contributed by atoms with Crippen LogP contribution in [0.1, 0.15) is 13.8 Å². The van der Waals surface area contributed by atoms with Gasteiger partial charge in [0.25, 0.3) is 0 Å². The fraction of sp³-hybridized carbons (Fsp3) is 0.714. The Bertz CT molecular complexity index is 194. The molecule has 0 fully saturated rings. The van der Waals surface area contributed by atoms with E-state index in [9.17, 15) is 4.79 Å². The lowest BCUT2D eigenvalue weighted by molar-refractivity contribution is -0.134. The molecule has 13 heavy (non-hydrogen) atoms. The molecule has 6 heteroatoms. The zero-order valence-electron chi connectivity index (χ0n) is 7.58. The fourth-order valence-electron chi connectivity index (χ4n) is 0.483. The normalized spacial score (nSPS) is 13.7. The standard InChI is InChI=1S/C7H13BrN2O3/c1-3-13-7(12)6(8)10-9-4-5(2)11/h5,9,11H,3-4H2,1-2H3. The van der Waals surface area contributed by atoms with Crippen LogP contribution in [0.5, 0.6) is 0 Å². The van der Waals surface area contributed by atoms with E-state index in [0.29, 0.717) is 6.61 Å². The highest BCUT2D eigenvalue weighted by Crippen LogP contribution is 1.92. The summed E-state index contributed by atoms with van der Waals surface area (Å²) in [5.74, 6) is -0.527. The number of halogens is 1. The van der Waals surface area contributed by atoms with Crippen LogP contribution in [0.4, 0.5) is 0 Å². The highest BCUT2D eigenvalue weighted by atomic mass is 79.9. The third kappa shape index (κ3) is 6.53. The van der Waals surface area contributed by atoms with E-state index in [1.165, 1.54) is 0 Å². The molecule has 0 bridgehead atoms. The van der Waals surface area contributed by atoms with Gasteiger partial charge in [-0.1, -0.05) is 0 Å². The largest absolute Gasteiger partial charge is 0.461 e. The molecule has 0 aliphatic carbocycles. The number of hydrogen-bond acceptors (Lipinski definition) is 5. The van der Waals surface area contributed by atoms with Crippen LogP contribution in [0.2, 0.25) is 0 Å². The van der Waals surface area contributed by atoms with Crippen molar-refractivity contribution in [2.45, 2.75) is 20.0 Å². The lowest BCUT2D eigenvalue weighted by atomic mass is 10.4. The van der Waals surface area contributed by atoms with Crippen molar-refractivity contribution in [3.8, 4) is 0 Å². The summed E-state index contributed by atoms with van der Waals surface area (Å²) < 4.78 is 4.71. The van der Waals surface area contributed by atoms with Crippen molar-refractivity contribution >= 4 is 26.5 Å². The lowest BCUT2D eigenvalue weighted by Gasteiger charge is -2.03. The lowest BCUT2D eigenvalue weighted by Crippen LogP contribution is -2.22. The van der Waals surface area contributed by atoms with Crippen LogP contribution < -0.4 is 5.43 Å². The Morgan fingerprint density at radius 2 is 2.38 bits per heavy atom.